The molecule has 1 N–H and O–H groups in total. The summed E-state index contributed by atoms with van der Waals surface area (Å²) in [7, 11) is 0. The Balaban J connectivity index is 2.06. The number of alkyl carbamates (subject to hydrolysis) is 1. The van der Waals surface area contributed by atoms with Gasteiger partial charge in [-0.15, -0.1) is 0 Å². The molecule has 1 atom stereocenters. The first kappa shape index (κ1) is 20.8. The molecule has 0 aliphatic rings. The van der Waals surface area contributed by atoms with Gasteiger partial charge in [-0.25, -0.2) is 4.79 Å². The van der Waals surface area contributed by atoms with Gasteiger partial charge in [-0.05, 0) is 55.0 Å². The highest BCUT2D eigenvalue weighted by atomic mass is 127. The summed E-state index contributed by atoms with van der Waals surface area (Å²) in [5.74, 6) is 1.57. The van der Waals surface area contributed by atoms with E-state index in [1.165, 1.54) is 0 Å². The monoisotopic (exact) mass is 471 g/mol. The minimum absolute atomic E-state index is 0.293. The molecule has 0 aliphatic carbocycles. The molecular formula is C20H26INO4. The molecule has 0 fully saturated rings. The van der Waals surface area contributed by atoms with Gasteiger partial charge in [-0.1, -0.05) is 37.3 Å². The first-order chi connectivity index (χ1) is 12.3. The van der Waals surface area contributed by atoms with Crippen LogP contribution in [0.15, 0.2) is 40.8 Å². The molecule has 0 spiro atoms. The van der Waals surface area contributed by atoms with Crippen LogP contribution in [0.4, 0.5) is 4.79 Å². The summed E-state index contributed by atoms with van der Waals surface area (Å²) in [4.78, 5) is 12.2. The van der Waals surface area contributed by atoms with E-state index >= 15 is 0 Å². The van der Waals surface area contributed by atoms with Crippen LogP contribution in [0.3, 0.4) is 0 Å². The van der Waals surface area contributed by atoms with E-state index in [2.05, 4.69) is 27.9 Å². The van der Waals surface area contributed by atoms with Crippen LogP contribution in [-0.2, 0) is 22.5 Å². The summed E-state index contributed by atoms with van der Waals surface area (Å²) >= 11 is 2.24. The number of halogens is 1. The van der Waals surface area contributed by atoms with Crippen molar-refractivity contribution in [1.82, 2.24) is 5.32 Å². The minimum Gasteiger partial charge on any atom is -0.463 e. The van der Waals surface area contributed by atoms with Gasteiger partial charge in [0, 0.05) is 6.42 Å². The fourth-order valence-electron chi connectivity index (χ4n) is 2.35. The molecule has 5 nitrogen and oxygen atoms in total. The fourth-order valence-corrected chi connectivity index (χ4v) is 3.15. The number of amides is 1. The summed E-state index contributed by atoms with van der Waals surface area (Å²) in [6.45, 7) is 8.29. The number of ether oxygens (including phenoxy) is 2. The van der Waals surface area contributed by atoms with Crippen LogP contribution in [0.1, 0.15) is 50.8 Å². The van der Waals surface area contributed by atoms with Gasteiger partial charge in [0.1, 0.15) is 23.2 Å². The smallest absolute Gasteiger partial charge is 0.408 e. The Hall–Kier alpha value is -1.54. The summed E-state index contributed by atoms with van der Waals surface area (Å²) in [6, 6.07) is 11.4. The van der Waals surface area contributed by atoms with Crippen molar-refractivity contribution in [3.05, 3.63) is 57.1 Å². The number of benzene rings is 1. The van der Waals surface area contributed by atoms with Crippen molar-refractivity contribution in [2.24, 2.45) is 0 Å². The summed E-state index contributed by atoms with van der Waals surface area (Å²) in [6.07, 6.45) is 0.303. The highest BCUT2D eigenvalue weighted by molar-refractivity contribution is 14.1. The zero-order valence-electron chi connectivity index (χ0n) is 15.7. The van der Waals surface area contributed by atoms with E-state index in [0.717, 1.165) is 21.3 Å². The highest BCUT2D eigenvalue weighted by Crippen LogP contribution is 2.24. The number of furan rings is 1. The van der Waals surface area contributed by atoms with Gasteiger partial charge in [0.05, 0.1) is 16.8 Å². The van der Waals surface area contributed by atoms with E-state index < -0.39 is 17.7 Å². The normalized spacial score (nSPS) is 12.7. The van der Waals surface area contributed by atoms with Crippen LogP contribution >= 0.6 is 22.6 Å². The van der Waals surface area contributed by atoms with Gasteiger partial charge >= 0.3 is 6.09 Å². The Labute approximate surface area is 168 Å². The van der Waals surface area contributed by atoms with Gasteiger partial charge in [0.25, 0.3) is 0 Å². The molecule has 6 heteroatoms. The summed E-state index contributed by atoms with van der Waals surface area (Å²) in [5, 5.41) is 2.86. The predicted molar refractivity (Wildman–Crippen MR) is 109 cm³/mol. The molecule has 2 aromatic rings. The molecule has 0 saturated carbocycles. The molecule has 1 heterocycles. The molecule has 142 valence electrons. The predicted octanol–water partition coefficient (Wildman–Crippen LogP) is 5.23. The largest absolute Gasteiger partial charge is 0.463 e. The first-order valence-corrected chi connectivity index (χ1v) is 9.75. The van der Waals surface area contributed by atoms with Gasteiger partial charge in [0.2, 0.25) is 0 Å². The molecule has 0 radical (unpaired) electrons. The lowest BCUT2D eigenvalue weighted by atomic mass is 10.2. The van der Waals surface area contributed by atoms with Crippen molar-refractivity contribution in [3.63, 3.8) is 0 Å². The number of rotatable bonds is 7. The fraction of sp³-hybridized carbons (Fsp3) is 0.450. The van der Waals surface area contributed by atoms with E-state index in [1.54, 1.807) is 0 Å². The van der Waals surface area contributed by atoms with Gasteiger partial charge < -0.3 is 19.2 Å². The second-order valence-electron chi connectivity index (χ2n) is 6.97. The minimum atomic E-state index is -0.564. The zero-order chi connectivity index (χ0) is 19.2. The van der Waals surface area contributed by atoms with E-state index in [4.69, 9.17) is 13.9 Å². The third-order valence-corrected chi connectivity index (χ3v) is 4.44. The third kappa shape index (κ3) is 6.64. The summed E-state index contributed by atoms with van der Waals surface area (Å²) in [5.41, 5.74) is 0.512. The number of aryl methyl sites for hydroxylation is 1. The van der Waals surface area contributed by atoms with Gasteiger partial charge in [-0.3, -0.25) is 0 Å². The van der Waals surface area contributed by atoms with Crippen LogP contribution < -0.4 is 5.32 Å². The Kier molecular flexibility index (Phi) is 7.52. The van der Waals surface area contributed by atoms with Crippen LogP contribution in [0, 0.1) is 3.57 Å². The Morgan fingerprint density at radius 1 is 1.27 bits per heavy atom. The quantitative estimate of drug-likeness (QED) is 0.562. The molecule has 26 heavy (non-hydrogen) atoms. The Morgan fingerprint density at radius 3 is 2.54 bits per heavy atom. The molecule has 1 aromatic carbocycles. The molecule has 0 bridgehead atoms. The van der Waals surface area contributed by atoms with Crippen molar-refractivity contribution >= 4 is 28.7 Å². The number of carbonyl (C=O) groups is 1. The topological polar surface area (TPSA) is 60.7 Å². The van der Waals surface area contributed by atoms with Crippen LogP contribution in [0.2, 0.25) is 0 Å². The first-order valence-electron chi connectivity index (χ1n) is 8.67. The lowest BCUT2D eigenvalue weighted by Crippen LogP contribution is -2.36. The van der Waals surface area contributed by atoms with Crippen LogP contribution in [0.25, 0.3) is 0 Å². The molecule has 0 unspecified atom stereocenters. The zero-order valence-corrected chi connectivity index (χ0v) is 17.8. The number of carbonyl (C=O) groups excluding carboxylic acids is 1. The van der Waals surface area contributed by atoms with E-state index in [1.807, 2.05) is 64.1 Å². The van der Waals surface area contributed by atoms with E-state index in [-0.39, 0.29) is 0 Å². The second-order valence-corrected chi connectivity index (χ2v) is 8.14. The number of nitrogens with one attached hydrogen (secondary N) is 1. The van der Waals surface area contributed by atoms with Crippen molar-refractivity contribution in [2.45, 2.75) is 52.4 Å². The average molecular weight is 471 g/mol. The van der Waals surface area contributed by atoms with Crippen molar-refractivity contribution in [1.29, 1.82) is 0 Å². The maximum atomic E-state index is 12.2. The molecule has 0 saturated heterocycles. The highest BCUT2D eigenvalue weighted by Gasteiger charge is 2.24. The lowest BCUT2D eigenvalue weighted by Gasteiger charge is -2.23. The van der Waals surface area contributed by atoms with Gasteiger partial charge in [-0.2, -0.15) is 0 Å². The maximum absolute atomic E-state index is 12.2. The lowest BCUT2D eigenvalue weighted by molar-refractivity contribution is 0.0408. The van der Waals surface area contributed by atoms with Crippen molar-refractivity contribution in [3.8, 4) is 0 Å². The number of hydrogen-bond acceptors (Lipinski definition) is 4. The van der Waals surface area contributed by atoms with Crippen LogP contribution in [-0.4, -0.2) is 18.3 Å². The van der Waals surface area contributed by atoms with E-state index in [0.29, 0.717) is 19.0 Å². The van der Waals surface area contributed by atoms with E-state index in [9.17, 15) is 4.79 Å². The second kappa shape index (κ2) is 9.41. The van der Waals surface area contributed by atoms with Gasteiger partial charge in [0.15, 0.2) is 0 Å². The molecule has 0 aliphatic heterocycles. The molecule has 1 aromatic heterocycles. The Morgan fingerprint density at radius 2 is 1.96 bits per heavy atom. The van der Waals surface area contributed by atoms with Crippen LogP contribution in [0.5, 0.6) is 0 Å². The maximum Gasteiger partial charge on any atom is 0.408 e. The standard InChI is InChI=1S/C20H26INO4/c1-5-17-15(21)11-18(25-17)16(22-19(23)26-20(2,3)4)13-24-12-14-9-7-6-8-10-14/h6-11,16H,5,12-13H2,1-4H3,(H,22,23)/t16-/m0/s1. The summed E-state index contributed by atoms with van der Waals surface area (Å²) < 4.78 is 18.1. The SMILES string of the molecule is CCc1oc([C@H](COCc2ccccc2)NC(=O)OC(C)(C)C)cc1I. The Bertz CT molecular complexity index is 706. The molecule has 2 rings (SSSR count). The molecular weight excluding hydrogens is 445 g/mol. The van der Waals surface area contributed by atoms with Crippen molar-refractivity contribution < 1.29 is 18.7 Å². The van der Waals surface area contributed by atoms with Crippen molar-refractivity contribution in [2.75, 3.05) is 6.61 Å². The third-order valence-electron chi connectivity index (χ3n) is 3.53. The average Bonchev–Trinajstić information content (AvgIpc) is 2.94. The number of hydrogen-bond donors (Lipinski definition) is 1. The molecule has 1 amide bonds.